The van der Waals surface area contributed by atoms with Crippen LogP contribution in [0.1, 0.15) is 44.9 Å². The summed E-state index contributed by atoms with van der Waals surface area (Å²) in [6, 6.07) is 6.91. The van der Waals surface area contributed by atoms with Crippen LogP contribution in [-0.4, -0.2) is 38.9 Å². The van der Waals surface area contributed by atoms with Gasteiger partial charge in [0.05, 0.1) is 6.10 Å². The van der Waals surface area contributed by atoms with Gasteiger partial charge in [0.1, 0.15) is 11.7 Å². The van der Waals surface area contributed by atoms with Crippen LogP contribution < -0.4 is 5.32 Å². The van der Waals surface area contributed by atoms with Crippen LogP contribution >= 0.6 is 11.8 Å². The second-order valence-electron chi connectivity index (χ2n) is 6.42. The highest BCUT2D eigenvalue weighted by atomic mass is 32.2. The molecule has 0 aliphatic rings. The van der Waals surface area contributed by atoms with Gasteiger partial charge in [0.2, 0.25) is 0 Å². The minimum absolute atomic E-state index is 0.114. The number of carbonyl (C=O) groups excluding carboxylic acids is 2. The van der Waals surface area contributed by atoms with Crippen molar-refractivity contribution in [1.82, 2.24) is 5.32 Å². The zero-order valence-electron chi connectivity index (χ0n) is 14.4. The molecule has 0 bridgehead atoms. The second-order valence-corrected chi connectivity index (χ2v) is 7.61. The van der Waals surface area contributed by atoms with Crippen molar-refractivity contribution in [3.63, 3.8) is 0 Å². The van der Waals surface area contributed by atoms with Crippen molar-refractivity contribution in [2.24, 2.45) is 0 Å². The first kappa shape index (κ1) is 20.5. The van der Waals surface area contributed by atoms with Crippen molar-refractivity contribution < 1.29 is 24.5 Å². The van der Waals surface area contributed by atoms with E-state index in [0.717, 1.165) is 17.3 Å². The van der Waals surface area contributed by atoms with E-state index < -0.39 is 23.9 Å². The maximum absolute atomic E-state index is 11.7. The van der Waals surface area contributed by atoms with Gasteiger partial charge in [-0.25, -0.2) is 4.79 Å². The number of amides is 1. The Morgan fingerprint density at radius 2 is 1.96 bits per heavy atom. The molecule has 1 amide bonds. The Bertz CT molecular complexity index is 570. The third-order valence-corrected chi connectivity index (χ3v) is 3.86. The van der Waals surface area contributed by atoms with Crippen LogP contribution in [0.5, 0.6) is 0 Å². The fraction of sp³-hybridized carbons (Fsp3) is 0.529. The molecule has 0 saturated heterocycles. The number of aliphatic hydroxyl groups is 2. The van der Waals surface area contributed by atoms with Gasteiger partial charge in [-0.2, -0.15) is 0 Å². The van der Waals surface area contributed by atoms with Gasteiger partial charge in [0.15, 0.2) is 5.12 Å². The lowest BCUT2D eigenvalue weighted by Gasteiger charge is -2.20. The molecule has 6 nitrogen and oxygen atoms in total. The Morgan fingerprint density at radius 3 is 2.54 bits per heavy atom. The molecule has 0 spiro atoms. The lowest BCUT2D eigenvalue weighted by atomic mass is 10.0. The first-order chi connectivity index (χ1) is 11.1. The van der Waals surface area contributed by atoms with Gasteiger partial charge < -0.3 is 20.3 Å². The molecule has 2 unspecified atom stereocenters. The molecule has 0 fully saturated rings. The van der Waals surface area contributed by atoms with Crippen LogP contribution in [0, 0.1) is 0 Å². The van der Waals surface area contributed by atoms with Crippen LogP contribution in [0.2, 0.25) is 0 Å². The molecular formula is C17H25NO5S. The summed E-state index contributed by atoms with van der Waals surface area (Å²) in [5.74, 6) is 0.122. The highest BCUT2D eigenvalue weighted by molar-refractivity contribution is 8.13. The van der Waals surface area contributed by atoms with Gasteiger partial charge in [0, 0.05) is 19.2 Å². The predicted molar refractivity (Wildman–Crippen MR) is 93.6 cm³/mol. The third-order valence-electron chi connectivity index (χ3n) is 2.95. The molecule has 134 valence electrons. The summed E-state index contributed by atoms with van der Waals surface area (Å²) in [6.45, 7) is 7.00. The smallest absolute Gasteiger partial charge is 0.407 e. The second kappa shape index (κ2) is 9.05. The molecule has 1 rings (SSSR count). The number of rotatable bonds is 6. The number of hydrogen-bond acceptors (Lipinski definition) is 6. The molecule has 0 saturated carbocycles. The van der Waals surface area contributed by atoms with E-state index in [0.29, 0.717) is 5.56 Å². The quantitative estimate of drug-likeness (QED) is 0.725. The van der Waals surface area contributed by atoms with Crippen molar-refractivity contribution >= 4 is 23.0 Å². The molecule has 7 heteroatoms. The van der Waals surface area contributed by atoms with E-state index in [9.17, 15) is 19.8 Å². The molecule has 24 heavy (non-hydrogen) atoms. The van der Waals surface area contributed by atoms with E-state index in [1.54, 1.807) is 45.0 Å². The maximum Gasteiger partial charge on any atom is 0.407 e. The first-order valence-electron chi connectivity index (χ1n) is 7.63. The lowest BCUT2D eigenvalue weighted by Crippen LogP contribution is -2.32. The summed E-state index contributed by atoms with van der Waals surface area (Å²) in [7, 11) is 0. The zero-order valence-corrected chi connectivity index (χ0v) is 15.2. The normalized spacial score (nSPS) is 13.9. The lowest BCUT2D eigenvalue weighted by molar-refractivity contribution is -0.109. The molecule has 3 N–H and O–H groups in total. The summed E-state index contributed by atoms with van der Waals surface area (Å²) in [4.78, 5) is 22.6. The number of carbonyl (C=O) groups is 2. The number of benzene rings is 1. The number of hydrogen-bond donors (Lipinski definition) is 3. The van der Waals surface area contributed by atoms with Crippen LogP contribution in [0.3, 0.4) is 0 Å². The highest BCUT2D eigenvalue weighted by Gasteiger charge is 2.20. The number of ether oxygens (including phenoxy) is 1. The number of aliphatic hydroxyl groups excluding tert-OH is 2. The first-order valence-corrected chi connectivity index (χ1v) is 8.62. The van der Waals surface area contributed by atoms with E-state index in [2.05, 4.69) is 5.32 Å². The largest absolute Gasteiger partial charge is 0.444 e. The number of thioether (sulfide) groups is 1. The Hall–Kier alpha value is -1.57. The predicted octanol–water partition coefficient (Wildman–Crippen LogP) is 2.39. The van der Waals surface area contributed by atoms with Crippen molar-refractivity contribution in [1.29, 1.82) is 0 Å². The zero-order chi connectivity index (χ0) is 18.3. The van der Waals surface area contributed by atoms with Crippen molar-refractivity contribution in [2.45, 2.75) is 52.0 Å². The Morgan fingerprint density at radius 1 is 1.29 bits per heavy atom. The van der Waals surface area contributed by atoms with Crippen LogP contribution in [0.4, 0.5) is 4.79 Å². The monoisotopic (exact) mass is 355 g/mol. The number of nitrogens with one attached hydrogen (secondary N) is 1. The molecule has 1 aromatic carbocycles. The topological polar surface area (TPSA) is 95.9 Å². The van der Waals surface area contributed by atoms with Gasteiger partial charge in [-0.1, -0.05) is 36.0 Å². The summed E-state index contributed by atoms with van der Waals surface area (Å²) < 4.78 is 5.16. The Balaban J connectivity index is 2.62. The molecular weight excluding hydrogens is 330 g/mol. The van der Waals surface area contributed by atoms with E-state index >= 15 is 0 Å². The molecule has 0 heterocycles. The fourth-order valence-corrected chi connectivity index (χ4v) is 2.48. The van der Waals surface area contributed by atoms with Crippen LogP contribution in [0.15, 0.2) is 24.3 Å². The SMILES string of the molecule is CC(=O)SCC(O)C(O)c1cccc(CNC(=O)OC(C)(C)C)c1. The average Bonchev–Trinajstić information content (AvgIpc) is 2.48. The minimum Gasteiger partial charge on any atom is -0.444 e. The van der Waals surface area contributed by atoms with Gasteiger partial charge >= 0.3 is 6.09 Å². The third kappa shape index (κ3) is 7.81. The summed E-state index contributed by atoms with van der Waals surface area (Å²) in [5, 5.41) is 22.6. The Labute approximate surface area is 146 Å². The van der Waals surface area contributed by atoms with Crippen LogP contribution in [-0.2, 0) is 16.1 Å². The summed E-state index contributed by atoms with van der Waals surface area (Å²) in [5.41, 5.74) is 0.722. The van der Waals surface area contributed by atoms with E-state index in [-0.39, 0.29) is 17.4 Å². The van der Waals surface area contributed by atoms with E-state index in [1.807, 2.05) is 0 Å². The molecule has 0 aliphatic heterocycles. The average molecular weight is 355 g/mol. The highest BCUT2D eigenvalue weighted by Crippen LogP contribution is 2.21. The molecule has 1 aromatic rings. The van der Waals surface area contributed by atoms with Gasteiger partial charge in [-0.15, -0.1) is 0 Å². The fourth-order valence-electron chi connectivity index (χ4n) is 1.89. The molecule has 0 aliphatic carbocycles. The van der Waals surface area contributed by atoms with Gasteiger partial charge in [-0.05, 0) is 31.9 Å². The van der Waals surface area contributed by atoms with Crippen LogP contribution in [0.25, 0.3) is 0 Å². The van der Waals surface area contributed by atoms with Gasteiger partial charge in [-0.3, -0.25) is 4.79 Å². The molecule has 0 aromatic heterocycles. The van der Waals surface area contributed by atoms with Crippen molar-refractivity contribution in [3.8, 4) is 0 Å². The summed E-state index contributed by atoms with van der Waals surface area (Å²) >= 11 is 0.964. The Kier molecular flexibility index (Phi) is 7.72. The van der Waals surface area contributed by atoms with Gasteiger partial charge in [0.25, 0.3) is 0 Å². The van der Waals surface area contributed by atoms with E-state index in [1.165, 1.54) is 6.92 Å². The number of alkyl carbamates (subject to hydrolysis) is 1. The van der Waals surface area contributed by atoms with Crippen molar-refractivity contribution in [3.05, 3.63) is 35.4 Å². The standard InChI is InChI=1S/C17H25NO5S/c1-11(19)24-10-14(20)15(21)13-7-5-6-12(8-13)9-18-16(22)23-17(2,3)4/h5-8,14-15,20-21H,9-10H2,1-4H3,(H,18,22). The van der Waals surface area contributed by atoms with E-state index in [4.69, 9.17) is 4.74 Å². The summed E-state index contributed by atoms with van der Waals surface area (Å²) in [6.07, 6.45) is -2.67. The molecule has 2 atom stereocenters. The molecule has 0 radical (unpaired) electrons. The minimum atomic E-state index is -1.10. The maximum atomic E-state index is 11.7. The van der Waals surface area contributed by atoms with Crippen molar-refractivity contribution in [2.75, 3.05) is 5.75 Å².